The van der Waals surface area contributed by atoms with Gasteiger partial charge in [0.05, 0.1) is 11.2 Å². The Hall–Kier alpha value is -2.13. The van der Waals surface area contributed by atoms with E-state index < -0.39 is 0 Å². The van der Waals surface area contributed by atoms with Crippen molar-refractivity contribution in [3.05, 3.63) is 78.8 Å². The molecule has 0 aliphatic carbocycles. The molecule has 1 radical (unpaired) electrons. The average Bonchev–Trinajstić information content (AvgIpc) is 3.01. The molecule has 2 nitrogen and oxygen atoms in total. The van der Waals surface area contributed by atoms with Gasteiger partial charge in [-0.15, -0.1) is 0 Å². The summed E-state index contributed by atoms with van der Waals surface area (Å²) in [4.78, 5) is 2.11. The fourth-order valence-electron chi connectivity index (χ4n) is 1.75. The Morgan fingerprint density at radius 2 is 1.75 bits per heavy atom. The number of hydrogen-bond acceptors (Lipinski definition) is 3. The number of hydrogen-bond donors (Lipinski definition) is 0. The van der Waals surface area contributed by atoms with Crippen molar-refractivity contribution < 1.29 is 9.15 Å². The van der Waals surface area contributed by atoms with Gasteiger partial charge in [0.25, 0.3) is 0 Å². The van der Waals surface area contributed by atoms with Gasteiger partial charge >= 0.3 is 0 Å². The van der Waals surface area contributed by atoms with Crippen LogP contribution in [-0.4, -0.2) is 0 Å². The Labute approximate surface area is 122 Å². The molecule has 2 aromatic carbocycles. The van der Waals surface area contributed by atoms with E-state index in [1.807, 2.05) is 48.5 Å². The molecule has 3 heteroatoms. The van der Waals surface area contributed by atoms with Crippen LogP contribution < -0.4 is 4.74 Å². The van der Waals surface area contributed by atoms with Crippen molar-refractivity contribution in [2.45, 2.75) is 16.4 Å². The Kier molecular flexibility index (Phi) is 4.09. The SMILES string of the molecule is [c]1occc1Sc1ccc(OCc2ccccc2)cc1. The molecule has 0 unspecified atom stereocenters. The molecule has 3 rings (SSSR count). The lowest BCUT2D eigenvalue weighted by molar-refractivity contribution is 0.306. The molecule has 0 bridgehead atoms. The van der Waals surface area contributed by atoms with Crippen LogP contribution in [0.4, 0.5) is 0 Å². The minimum absolute atomic E-state index is 0.586. The lowest BCUT2D eigenvalue weighted by Gasteiger charge is -2.06. The summed E-state index contributed by atoms with van der Waals surface area (Å²) in [5, 5.41) is 0. The number of benzene rings is 2. The van der Waals surface area contributed by atoms with Crippen LogP contribution in [0.5, 0.6) is 5.75 Å². The van der Waals surface area contributed by atoms with Crippen LogP contribution in [0.25, 0.3) is 0 Å². The average molecular weight is 281 g/mol. The Bertz CT molecular complexity index is 631. The van der Waals surface area contributed by atoms with Gasteiger partial charge in [0.15, 0.2) is 6.26 Å². The summed E-state index contributed by atoms with van der Waals surface area (Å²) in [7, 11) is 0. The molecule has 0 saturated carbocycles. The van der Waals surface area contributed by atoms with Crippen LogP contribution in [0.15, 0.2) is 81.1 Å². The van der Waals surface area contributed by atoms with E-state index in [9.17, 15) is 0 Å². The first kappa shape index (κ1) is 12.9. The Morgan fingerprint density at radius 1 is 0.950 bits per heavy atom. The van der Waals surface area contributed by atoms with Gasteiger partial charge in [-0.3, -0.25) is 0 Å². The molecule has 20 heavy (non-hydrogen) atoms. The highest BCUT2D eigenvalue weighted by Gasteiger charge is 2.00. The highest BCUT2D eigenvalue weighted by Crippen LogP contribution is 2.28. The lowest BCUT2D eigenvalue weighted by atomic mass is 10.2. The summed E-state index contributed by atoms with van der Waals surface area (Å²) < 4.78 is 10.7. The number of rotatable bonds is 5. The zero-order chi connectivity index (χ0) is 13.6. The molecular weight excluding hydrogens is 268 g/mol. The van der Waals surface area contributed by atoms with Crippen molar-refractivity contribution in [3.63, 3.8) is 0 Å². The maximum absolute atomic E-state index is 5.75. The molecule has 0 fully saturated rings. The number of furan rings is 1. The van der Waals surface area contributed by atoms with Gasteiger partial charge in [0.2, 0.25) is 0 Å². The molecule has 0 spiro atoms. The van der Waals surface area contributed by atoms with Crippen LogP contribution in [0.2, 0.25) is 0 Å². The van der Waals surface area contributed by atoms with Crippen molar-refractivity contribution in [3.8, 4) is 5.75 Å². The molecule has 3 aromatic rings. The molecule has 0 aliphatic heterocycles. The van der Waals surface area contributed by atoms with E-state index in [1.165, 1.54) is 5.56 Å². The van der Waals surface area contributed by atoms with Crippen LogP contribution in [0, 0.1) is 6.26 Å². The normalized spacial score (nSPS) is 10.4. The van der Waals surface area contributed by atoms with E-state index in [0.717, 1.165) is 15.5 Å². The van der Waals surface area contributed by atoms with Crippen molar-refractivity contribution in [1.82, 2.24) is 0 Å². The summed E-state index contributed by atoms with van der Waals surface area (Å²) >= 11 is 1.61. The highest BCUT2D eigenvalue weighted by molar-refractivity contribution is 7.99. The van der Waals surface area contributed by atoms with Gasteiger partial charge in [-0.1, -0.05) is 42.1 Å². The third kappa shape index (κ3) is 3.45. The van der Waals surface area contributed by atoms with Gasteiger partial charge in [-0.05, 0) is 35.9 Å². The zero-order valence-electron chi connectivity index (χ0n) is 10.8. The monoisotopic (exact) mass is 281 g/mol. The highest BCUT2D eigenvalue weighted by atomic mass is 32.2. The molecule has 99 valence electrons. The van der Waals surface area contributed by atoms with E-state index in [1.54, 1.807) is 18.0 Å². The summed E-state index contributed by atoms with van der Waals surface area (Å²) in [6.45, 7) is 0.586. The molecule has 0 amide bonds. The van der Waals surface area contributed by atoms with Crippen LogP contribution >= 0.6 is 11.8 Å². The van der Waals surface area contributed by atoms with E-state index >= 15 is 0 Å². The second kappa shape index (κ2) is 6.35. The Morgan fingerprint density at radius 3 is 2.45 bits per heavy atom. The Balaban J connectivity index is 1.59. The standard InChI is InChI=1S/C17H13O2S/c1-2-4-14(5-3-1)12-19-15-6-8-16(9-7-15)20-17-10-11-18-13-17/h1-11H,12H2. The minimum Gasteiger partial charge on any atom is -0.489 e. The van der Waals surface area contributed by atoms with Crippen molar-refractivity contribution in [2.75, 3.05) is 0 Å². The second-order valence-corrected chi connectivity index (χ2v) is 5.35. The van der Waals surface area contributed by atoms with Gasteiger partial charge in [0.1, 0.15) is 12.4 Å². The van der Waals surface area contributed by atoms with Crippen LogP contribution in [0.1, 0.15) is 5.56 Å². The smallest absolute Gasteiger partial charge is 0.184 e. The summed E-state index contributed by atoms with van der Waals surface area (Å²) in [6, 6.07) is 20.1. The first-order valence-electron chi connectivity index (χ1n) is 6.30. The fraction of sp³-hybridized carbons (Fsp3) is 0.0588. The topological polar surface area (TPSA) is 22.4 Å². The third-order valence-corrected chi connectivity index (χ3v) is 3.69. The second-order valence-electron chi connectivity index (χ2n) is 4.23. The lowest BCUT2D eigenvalue weighted by Crippen LogP contribution is -1.94. The molecular formula is C17H13O2S. The zero-order valence-corrected chi connectivity index (χ0v) is 11.6. The first-order chi connectivity index (χ1) is 9.90. The number of ether oxygens (including phenoxy) is 1. The van der Waals surface area contributed by atoms with Crippen molar-refractivity contribution in [2.24, 2.45) is 0 Å². The van der Waals surface area contributed by atoms with E-state index in [-0.39, 0.29) is 0 Å². The predicted molar refractivity (Wildman–Crippen MR) is 78.9 cm³/mol. The molecule has 1 heterocycles. The predicted octanol–water partition coefficient (Wildman–Crippen LogP) is 4.81. The molecule has 0 aliphatic rings. The van der Waals surface area contributed by atoms with Gasteiger partial charge < -0.3 is 9.15 Å². The van der Waals surface area contributed by atoms with Crippen LogP contribution in [0.3, 0.4) is 0 Å². The molecule has 0 saturated heterocycles. The summed E-state index contributed by atoms with van der Waals surface area (Å²) in [5.41, 5.74) is 1.17. The summed E-state index contributed by atoms with van der Waals surface area (Å²) in [6.07, 6.45) is 4.43. The maximum atomic E-state index is 5.75. The molecule has 0 atom stereocenters. The summed E-state index contributed by atoms with van der Waals surface area (Å²) in [5.74, 6) is 0.870. The van der Waals surface area contributed by atoms with Crippen LogP contribution in [-0.2, 0) is 6.61 Å². The first-order valence-corrected chi connectivity index (χ1v) is 7.11. The van der Waals surface area contributed by atoms with Crippen molar-refractivity contribution in [1.29, 1.82) is 0 Å². The fourth-order valence-corrected chi connectivity index (χ4v) is 2.49. The quantitative estimate of drug-likeness (QED) is 0.670. The molecule has 0 N–H and O–H groups in total. The van der Waals surface area contributed by atoms with E-state index in [4.69, 9.17) is 9.15 Å². The van der Waals surface area contributed by atoms with E-state index in [2.05, 4.69) is 18.4 Å². The third-order valence-electron chi connectivity index (χ3n) is 2.75. The van der Waals surface area contributed by atoms with Gasteiger partial charge in [0, 0.05) is 4.90 Å². The van der Waals surface area contributed by atoms with Gasteiger partial charge in [-0.2, -0.15) is 0 Å². The molecule has 1 aromatic heterocycles. The minimum atomic E-state index is 0.586. The maximum Gasteiger partial charge on any atom is 0.184 e. The van der Waals surface area contributed by atoms with Crippen molar-refractivity contribution >= 4 is 11.8 Å². The largest absolute Gasteiger partial charge is 0.489 e. The van der Waals surface area contributed by atoms with E-state index in [0.29, 0.717) is 6.61 Å². The van der Waals surface area contributed by atoms with Gasteiger partial charge in [-0.25, -0.2) is 0 Å².